The van der Waals surface area contributed by atoms with Gasteiger partial charge >= 0.3 is 0 Å². The van der Waals surface area contributed by atoms with Crippen LogP contribution in [0.2, 0.25) is 0 Å². The van der Waals surface area contributed by atoms with Crippen LogP contribution in [0.25, 0.3) is 11.3 Å². The fourth-order valence-electron chi connectivity index (χ4n) is 1.92. The lowest BCUT2D eigenvalue weighted by atomic mass is 10.2. The fraction of sp³-hybridized carbons (Fsp3) is 0.0625. The molecule has 0 aliphatic heterocycles. The first kappa shape index (κ1) is 17.9. The number of thioether (sulfide) groups is 1. The monoisotopic (exact) mass is 414 g/mol. The van der Waals surface area contributed by atoms with Crippen LogP contribution in [0.5, 0.6) is 0 Å². The maximum atomic E-state index is 12.3. The smallest absolute Gasteiger partial charge is 0.288 e. The van der Waals surface area contributed by atoms with Gasteiger partial charge in [-0.15, -0.1) is 28.3 Å². The van der Waals surface area contributed by atoms with E-state index in [4.69, 9.17) is 0 Å². The van der Waals surface area contributed by atoms with E-state index in [0.717, 1.165) is 22.1 Å². The minimum atomic E-state index is -2.40. The highest BCUT2D eigenvalue weighted by molar-refractivity contribution is 8.93. The largest absolute Gasteiger partial charge is 0.332 e. The molecule has 0 aliphatic rings. The van der Waals surface area contributed by atoms with Crippen molar-refractivity contribution in [1.82, 2.24) is 4.98 Å². The van der Waals surface area contributed by atoms with Gasteiger partial charge in [-0.05, 0) is 24.3 Å². The maximum Gasteiger partial charge on any atom is 0.288 e. The molecule has 0 spiro atoms. The van der Waals surface area contributed by atoms with Gasteiger partial charge in [0.15, 0.2) is 5.13 Å². The quantitative estimate of drug-likeness (QED) is 0.485. The Kier molecular flexibility index (Phi) is 6.56. The highest BCUT2D eigenvalue weighted by Gasteiger charge is 2.07. The SMILES string of the molecule is Br.FC(F)Sc1ccc(-c2csc(Nc3ccccc3)n2)cc1. The normalized spacial score (nSPS) is 10.4. The molecule has 1 N–H and O–H groups in total. The predicted octanol–water partition coefficient (Wildman–Crippen LogP) is 6.45. The Bertz CT molecular complexity index is 733. The number of halogens is 3. The highest BCUT2D eigenvalue weighted by Crippen LogP contribution is 2.30. The third kappa shape index (κ3) is 5.02. The molecule has 0 saturated carbocycles. The molecule has 0 atom stereocenters. The Morgan fingerprint density at radius 3 is 2.35 bits per heavy atom. The number of benzene rings is 2. The number of anilines is 2. The van der Waals surface area contributed by atoms with Crippen LogP contribution in [-0.2, 0) is 0 Å². The van der Waals surface area contributed by atoms with Crippen molar-refractivity contribution in [2.75, 3.05) is 5.32 Å². The molecule has 2 nitrogen and oxygen atoms in total. The maximum absolute atomic E-state index is 12.3. The average Bonchev–Trinajstić information content (AvgIpc) is 2.97. The van der Waals surface area contributed by atoms with E-state index in [2.05, 4.69) is 10.3 Å². The van der Waals surface area contributed by atoms with Crippen molar-refractivity contribution in [2.24, 2.45) is 0 Å². The van der Waals surface area contributed by atoms with E-state index in [1.807, 2.05) is 47.8 Å². The van der Waals surface area contributed by atoms with Crippen molar-refractivity contribution in [3.8, 4) is 11.3 Å². The summed E-state index contributed by atoms with van der Waals surface area (Å²) in [7, 11) is 0. The molecule has 0 bridgehead atoms. The molecule has 0 radical (unpaired) electrons. The third-order valence-electron chi connectivity index (χ3n) is 2.90. The van der Waals surface area contributed by atoms with Gasteiger partial charge in [0.25, 0.3) is 5.76 Å². The summed E-state index contributed by atoms with van der Waals surface area (Å²) < 4.78 is 24.6. The van der Waals surface area contributed by atoms with Gasteiger partial charge in [-0.2, -0.15) is 8.78 Å². The van der Waals surface area contributed by atoms with E-state index >= 15 is 0 Å². The third-order valence-corrected chi connectivity index (χ3v) is 4.38. The van der Waals surface area contributed by atoms with Crippen LogP contribution in [-0.4, -0.2) is 10.7 Å². The van der Waals surface area contributed by atoms with Gasteiger partial charge in [0.2, 0.25) is 0 Å². The van der Waals surface area contributed by atoms with Crippen molar-refractivity contribution in [3.63, 3.8) is 0 Å². The van der Waals surface area contributed by atoms with Crippen LogP contribution < -0.4 is 5.32 Å². The van der Waals surface area contributed by atoms with Gasteiger partial charge in [-0.3, -0.25) is 0 Å². The summed E-state index contributed by atoms with van der Waals surface area (Å²) in [6.07, 6.45) is 0. The molecule has 23 heavy (non-hydrogen) atoms. The van der Waals surface area contributed by atoms with Gasteiger partial charge in [0.05, 0.1) is 5.69 Å². The summed E-state index contributed by atoms with van der Waals surface area (Å²) in [5.41, 5.74) is 2.72. The fourth-order valence-corrected chi connectivity index (χ4v) is 3.15. The van der Waals surface area contributed by atoms with Crippen molar-refractivity contribution >= 4 is 50.9 Å². The first-order valence-corrected chi connectivity index (χ1v) is 8.29. The predicted molar refractivity (Wildman–Crippen MR) is 99.5 cm³/mol. The lowest BCUT2D eigenvalue weighted by Crippen LogP contribution is -1.88. The Morgan fingerprint density at radius 1 is 1.00 bits per heavy atom. The number of para-hydroxylation sites is 1. The topological polar surface area (TPSA) is 24.9 Å². The van der Waals surface area contributed by atoms with Crippen molar-refractivity contribution < 1.29 is 8.78 Å². The number of aromatic nitrogens is 1. The minimum absolute atomic E-state index is 0. The van der Waals surface area contributed by atoms with Gasteiger partial charge in [-0.1, -0.05) is 42.1 Å². The number of hydrogen-bond acceptors (Lipinski definition) is 4. The number of thiazole rings is 1. The second-order valence-corrected chi connectivity index (χ2v) is 6.35. The first-order valence-electron chi connectivity index (χ1n) is 6.53. The molecule has 1 heterocycles. The summed E-state index contributed by atoms with van der Waals surface area (Å²) in [4.78, 5) is 5.07. The second kappa shape index (κ2) is 8.42. The molecule has 0 saturated heterocycles. The van der Waals surface area contributed by atoms with Crippen molar-refractivity contribution in [1.29, 1.82) is 0 Å². The first-order chi connectivity index (χ1) is 10.7. The van der Waals surface area contributed by atoms with Crippen molar-refractivity contribution in [3.05, 3.63) is 60.0 Å². The summed E-state index contributed by atoms with van der Waals surface area (Å²) in [6.45, 7) is 0. The molecule has 0 aliphatic carbocycles. The Morgan fingerprint density at radius 2 is 1.70 bits per heavy atom. The van der Waals surface area contributed by atoms with E-state index in [1.165, 1.54) is 11.3 Å². The number of nitrogens with zero attached hydrogens (tertiary/aromatic N) is 1. The second-order valence-electron chi connectivity index (χ2n) is 4.43. The van der Waals surface area contributed by atoms with E-state index in [9.17, 15) is 8.78 Å². The molecule has 0 fully saturated rings. The van der Waals surface area contributed by atoms with E-state index in [1.54, 1.807) is 12.1 Å². The van der Waals surface area contributed by atoms with Crippen LogP contribution in [0.1, 0.15) is 0 Å². The van der Waals surface area contributed by atoms with E-state index in [0.29, 0.717) is 16.7 Å². The van der Waals surface area contributed by atoms with Gasteiger partial charge < -0.3 is 5.32 Å². The zero-order valence-corrected chi connectivity index (χ0v) is 15.1. The number of hydrogen-bond donors (Lipinski definition) is 1. The Hall–Kier alpha value is -1.44. The van der Waals surface area contributed by atoms with Crippen LogP contribution >= 0.6 is 40.1 Å². The van der Waals surface area contributed by atoms with Crippen LogP contribution in [0, 0.1) is 0 Å². The average molecular weight is 415 g/mol. The summed E-state index contributed by atoms with van der Waals surface area (Å²) in [5.74, 6) is -2.40. The Labute approximate surface area is 151 Å². The molecule has 3 aromatic rings. The molecule has 1 aromatic heterocycles. The molecule has 7 heteroatoms. The molecule has 2 aromatic carbocycles. The minimum Gasteiger partial charge on any atom is -0.332 e. The van der Waals surface area contributed by atoms with Gasteiger partial charge in [-0.25, -0.2) is 4.98 Å². The summed E-state index contributed by atoms with van der Waals surface area (Å²) >= 11 is 2.05. The van der Waals surface area contributed by atoms with Gasteiger partial charge in [0.1, 0.15) is 0 Å². The zero-order valence-electron chi connectivity index (χ0n) is 11.8. The standard InChI is InChI=1S/C16H12F2N2S2.BrH/c17-15(18)22-13-8-6-11(7-9-13)14-10-21-16(20-14)19-12-4-2-1-3-5-12;/h1-10,15H,(H,19,20);1H. The highest BCUT2D eigenvalue weighted by atomic mass is 79.9. The van der Waals surface area contributed by atoms with E-state index < -0.39 is 5.76 Å². The lowest BCUT2D eigenvalue weighted by molar-refractivity contribution is 0.252. The lowest BCUT2D eigenvalue weighted by Gasteiger charge is -2.02. The number of rotatable bonds is 5. The molecule has 0 unspecified atom stereocenters. The number of nitrogens with one attached hydrogen (secondary N) is 1. The molecular weight excluding hydrogens is 402 g/mol. The van der Waals surface area contributed by atoms with Gasteiger partial charge in [0, 0.05) is 21.5 Å². The van der Waals surface area contributed by atoms with E-state index in [-0.39, 0.29) is 17.0 Å². The van der Waals surface area contributed by atoms with Crippen LogP contribution in [0.15, 0.2) is 64.9 Å². The summed E-state index contributed by atoms with van der Waals surface area (Å²) in [5, 5.41) is 5.98. The molecular formula is C16H13BrF2N2S2. The van der Waals surface area contributed by atoms with Crippen molar-refractivity contribution in [2.45, 2.75) is 10.7 Å². The molecule has 3 rings (SSSR count). The van der Waals surface area contributed by atoms with Crippen LogP contribution in [0.4, 0.5) is 19.6 Å². The summed E-state index contributed by atoms with van der Waals surface area (Å²) in [6, 6.07) is 16.8. The van der Waals surface area contributed by atoms with Crippen LogP contribution in [0.3, 0.4) is 0 Å². The Balaban J connectivity index is 0.00000192. The molecule has 120 valence electrons. The zero-order chi connectivity index (χ0) is 15.4. The number of alkyl halides is 2. The molecule has 0 amide bonds.